The fourth-order valence-electron chi connectivity index (χ4n) is 2.71. The van der Waals surface area contributed by atoms with Crippen LogP contribution < -0.4 is 0 Å². The number of hydrogen-bond donors (Lipinski definition) is 1. The maximum absolute atomic E-state index is 11.3. The van der Waals surface area contributed by atoms with E-state index >= 15 is 0 Å². The molecule has 0 aliphatic heterocycles. The number of carbonyl (C=O) groups is 2. The van der Waals surface area contributed by atoms with Gasteiger partial charge in [0.05, 0.1) is 5.54 Å². The Kier molecular flexibility index (Phi) is 3.31. The summed E-state index contributed by atoms with van der Waals surface area (Å²) in [5.41, 5.74) is -0.562. The van der Waals surface area contributed by atoms with Crippen LogP contribution in [-0.2, 0) is 4.79 Å². The normalized spacial score (nSPS) is 20.6. The molecule has 4 nitrogen and oxygen atoms in total. The molecule has 4 heteroatoms. The third kappa shape index (κ3) is 2.06. The smallest absolute Gasteiger partial charge is 0.407 e. The molecule has 0 saturated heterocycles. The van der Waals surface area contributed by atoms with Crippen LogP contribution in [0, 0.1) is 5.41 Å². The van der Waals surface area contributed by atoms with Gasteiger partial charge >= 0.3 is 6.09 Å². The SMILES string of the molecule is CN(C(=O)O)C1(C(C)(C)C)CCC(=O)CC1. The zero-order valence-corrected chi connectivity index (χ0v) is 10.5. The molecule has 0 spiro atoms. The Morgan fingerprint density at radius 2 is 1.75 bits per heavy atom. The number of nitrogens with zero attached hydrogens (tertiary/aromatic N) is 1. The van der Waals surface area contributed by atoms with E-state index in [-0.39, 0.29) is 11.2 Å². The highest BCUT2D eigenvalue weighted by atomic mass is 16.4. The standard InChI is InChI=1S/C12H21NO3/c1-11(2,3)12(13(4)10(15)16)7-5-9(14)6-8-12/h5-8H2,1-4H3,(H,15,16). The minimum absolute atomic E-state index is 0.152. The highest BCUT2D eigenvalue weighted by molar-refractivity contribution is 5.80. The summed E-state index contributed by atoms with van der Waals surface area (Å²) in [4.78, 5) is 23.9. The van der Waals surface area contributed by atoms with Crippen molar-refractivity contribution in [2.75, 3.05) is 7.05 Å². The van der Waals surface area contributed by atoms with E-state index < -0.39 is 11.6 Å². The Morgan fingerprint density at radius 1 is 1.31 bits per heavy atom. The van der Waals surface area contributed by atoms with Gasteiger partial charge in [0.25, 0.3) is 0 Å². The molecule has 1 amide bonds. The molecule has 0 heterocycles. The van der Waals surface area contributed by atoms with Gasteiger partial charge in [-0.1, -0.05) is 20.8 Å². The fourth-order valence-corrected chi connectivity index (χ4v) is 2.71. The summed E-state index contributed by atoms with van der Waals surface area (Å²) in [7, 11) is 1.61. The Bertz CT molecular complexity index is 294. The molecule has 16 heavy (non-hydrogen) atoms. The van der Waals surface area contributed by atoms with E-state index in [4.69, 9.17) is 5.11 Å². The molecule has 1 fully saturated rings. The fraction of sp³-hybridized carbons (Fsp3) is 0.833. The first-order valence-electron chi connectivity index (χ1n) is 5.69. The van der Waals surface area contributed by atoms with Crippen molar-refractivity contribution in [3.8, 4) is 0 Å². The van der Waals surface area contributed by atoms with Crippen molar-refractivity contribution < 1.29 is 14.7 Å². The predicted molar refractivity (Wildman–Crippen MR) is 61.4 cm³/mol. The molecule has 1 rings (SSSR count). The number of Topliss-reactive ketones (excluding diaryl/α,β-unsaturated/α-hetero) is 1. The van der Waals surface area contributed by atoms with Crippen molar-refractivity contribution >= 4 is 11.9 Å². The van der Waals surface area contributed by atoms with Crippen molar-refractivity contribution in [3.05, 3.63) is 0 Å². The number of hydrogen-bond acceptors (Lipinski definition) is 2. The first-order valence-corrected chi connectivity index (χ1v) is 5.69. The lowest BCUT2D eigenvalue weighted by molar-refractivity contribution is -0.125. The van der Waals surface area contributed by atoms with E-state index in [1.165, 1.54) is 4.90 Å². The molecular weight excluding hydrogens is 206 g/mol. The van der Waals surface area contributed by atoms with Crippen molar-refractivity contribution in [3.63, 3.8) is 0 Å². The third-order valence-electron chi connectivity index (χ3n) is 3.96. The van der Waals surface area contributed by atoms with Crippen molar-refractivity contribution in [1.82, 2.24) is 4.90 Å². The van der Waals surface area contributed by atoms with E-state index in [9.17, 15) is 9.59 Å². The molecule has 0 radical (unpaired) electrons. The van der Waals surface area contributed by atoms with Crippen LogP contribution >= 0.6 is 0 Å². The van der Waals surface area contributed by atoms with Crippen LogP contribution in [0.2, 0.25) is 0 Å². The molecule has 0 atom stereocenters. The van der Waals surface area contributed by atoms with Crippen LogP contribution in [0.5, 0.6) is 0 Å². The van der Waals surface area contributed by atoms with Gasteiger partial charge in [-0.2, -0.15) is 0 Å². The van der Waals surface area contributed by atoms with Gasteiger partial charge in [0, 0.05) is 19.9 Å². The first kappa shape index (κ1) is 13.0. The van der Waals surface area contributed by atoms with Gasteiger partial charge in [-0.25, -0.2) is 4.79 Å². The lowest BCUT2D eigenvalue weighted by Gasteiger charge is -2.51. The van der Waals surface area contributed by atoms with Crippen LogP contribution in [0.1, 0.15) is 46.5 Å². The van der Waals surface area contributed by atoms with Gasteiger partial charge < -0.3 is 10.0 Å². The molecule has 1 saturated carbocycles. The summed E-state index contributed by atoms with van der Waals surface area (Å²) in [5.74, 6) is 0.249. The molecule has 0 bridgehead atoms. The molecular formula is C12H21NO3. The summed E-state index contributed by atoms with van der Waals surface area (Å²) in [6.07, 6.45) is 1.35. The maximum Gasteiger partial charge on any atom is 0.407 e. The highest BCUT2D eigenvalue weighted by Crippen LogP contribution is 2.45. The van der Waals surface area contributed by atoms with E-state index in [0.717, 1.165) is 0 Å². The highest BCUT2D eigenvalue weighted by Gasteiger charge is 2.48. The summed E-state index contributed by atoms with van der Waals surface area (Å²) in [6.45, 7) is 6.13. The first-order chi connectivity index (χ1) is 7.21. The molecule has 1 N–H and O–H groups in total. The van der Waals surface area contributed by atoms with Crippen molar-refractivity contribution in [2.24, 2.45) is 5.41 Å². The molecule has 0 aromatic rings. The van der Waals surface area contributed by atoms with Crippen molar-refractivity contribution in [2.45, 2.75) is 52.0 Å². The molecule has 92 valence electrons. The van der Waals surface area contributed by atoms with E-state index in [2.05, 4.69) is 0 Å². The average Bonchev–Trinajstić information content (AvgIpc) is 2.16. The number of ketones is 1. The lowest BCUT2D eigenvalue weighted by Crippen LogP contribution is -2.59. The zero-order chi connectivity index (χ0) is 12.6. The van der Waals surface area contributed by atoms with Crippen LogP contribution in [-0.4, -0.2) is 34.5 Å². The predicted octanol–water partition coefficient (Wildman–Crippen LogP) is 2.52. The Hall–Kier alpha value is -1.06. The quantitative estimate of drug-likeness (QED) is 0.748. The molecule has 0 aromatic carbocycles. The number of amides is 1. The van der Waals surface area contributed by atoms with Gasteiger partial charge in [-0.05, 0) is 18.3 Å². The Labute approximate surface area is 96.6 Å². The monoisotopic (exact) mass is 227 g/mol. The van der Waals surface area contributed by atoms with Crippen LogP contribution in [0.4, 0.5) is 4.79 Å². The maximum atomic E-state index is 11.3. The molecule has 0 unspecified atom stereocenters. The Balaban J connectivity index is 3.04. The molecule has 1 aliphatic rings. The number of carboxylic acid groups (broad SMARTS) is 1. The second-order valence-electron chi connectivity index (χ2n) is 5.66. The van der Waals surface area contributed by atoms with Crippen LogP contribution in [0.25, 0.3) is 0 Å². The summed E-state index contributed by atoms with van der Waals surface area (Å²) in [5, 5.41) is 9.17. The average molecular weight is 227 g/mol. The van der Waals surface area contributed by atoms with Crippen LogP contribution in [0.3, 0.4) is 0 Å². The summed E-state index contributed by atoms with van der Waals surface area (Å²) < 4.78 is 0. The second kappa shape index (κ2) is 4.07. The van der Waals surface area contributed by atoms with Gasteiger partial charge in [0.15, 0.2) is 0 Å². The van der Waals surface area contributed by atoms with E-state index in [0.29, 0.717) is 25.7 Å². The van der Waals surface area contributed by atoms with Gasteiger partial charge in [-0.15, -0.1) is 0 Å². The minimum Gasteiger partial charge on any atom is -0.465 e. The van der Waals surface area contributed by atoms with Gasteiger partial charge in [-0.3, -0.25) is 4.79 Å². The van der Waals surface area contributed by atoms with E-state index in [1.807, 2.05) is 20.8 Å². The molecule has 0 aromatic heterocycles. The van der Waals surface area contributed by atoms with Crippen LogP contribution in [0.15, 0.2) is 0 Å². The number of rotatable bonds is 1. The lowest BCUT2D eigenvalue weighted by atomic mass is 9.64. The summed E-state index contributed by atoms with van der Waals surface area (Å²) >= 11 is 0. The van der Waals surface area contributed by atoms with Crippen molar-refractivity contribution in [1.29, 1.82) is 0 Å². The minimum atomic E-state index is -0.913. The Morgan fingerprint density at radius 3 is 2.06 bits per heavy atom. The second-order valence-corrected chi connectivity index (χ2v) is 5.66. The largest absolute Gasteiger partial charge is 0.465 e. The molecule has 1 aliphatic carbocycles. The van der Waals surface area contributed by atoms with Gasteiger partial charge in [0.2, 0.25) is 0 Å². The van der Waals surface area contributed by atoms with Gasteiger partial charge in [0.1, 0.15) is 5.78 Å². The summed E-state index contributed by atoms with van der Waals surface area (Å²) in [6, 6.07) is 0. The third-order valence-corrected chi connectivity index (χ3v) is 3.96. The topological polar surface area (TPSA) is 57.6 Å². The zero-order valence-electron chi connectivity index (χ0n) is 10.5. The number of carbonyl (C=O) groups excluding carboxylic acids is 1. The van der Waals surface area contributed by atoms with E-state index in [1.54, 1.807) is 7.05 Å².